The average Bonchev–Trinajstić information content (AvgIpc) is 2.95. The molecule has 1 unspecified atom stereocenters. The van der Waals surface area contributed by atoms with Crippen molar-refractivity contribution in [2.45, 2.75) is 75.4 Å². The van der Waals surface area contributed by atoms with Crippen LogP contribution in [0.25, 0.3) is 0 Å². The van der Waals surface area contributed by atoms with Crippen molar-refractivity contribution in [3.8, 4) is 0 Å². The Morgan fingerprint density at radius 2 is 2.00 bits per heavy atom. The Labute approximate surface area is 131 Å². The van der Waals surface area contributed by atoms with Crippen LogP contribution in [0.5, 0.6) is 0 Å². The van der Waals surface area contributed by atoms with E-state index in [-0.39, 0.29) is 11.2 Å². The monoisotopic (exact) mass is 310 g/mol. The lowest BCUT2D eigenvalue weighted by Crippen LogP contribution is -2.42. The topological polar surface area (TPSA) is 51.0 Å². The predicted molar refractivity (Wildman–Crippen MR) is 85.4 cm³/mol. The van der Waals surface area contributed by atoms with E-state index < -0.39 is 0 Å². The number of hydrogen-bond acceptors (Lipinski definition) is 4. The standard InChI is InChI=1S/C15H26N4OS/c1-11(2)19-10-16-17-15(19)21-12(3)14(20)18(4)13-8-6-5-7-9-13/h10-13H,5-9H2,1-4H3. The normalized spacial score (nSPS) is 18.0. The van der Waals surface area contributed by atoms with Gasteiger partial charge in [-0.15, -0.1) is 10.2 Å². The molecule has 0 radical (unpaired) electrons. The summed E-state index contributed by atoms with van der Waals surface area (Å²) in [5.74, 6) is 0.199. The van der Waals surface area contributed by atoms with Crippen LogP contribution in [-0.2, 0) is 4.79 Å². The molecule has 6 heteroatoms. The number of carbonyl (C=O) groups excluding carboxylic acids is 1. The molecule has 0 aliphatic heterocycles. The Balaban J connectivity index is 1.96. The van der Waals surface area contributed by atoms with Crippen molar-refractivity contribution in [3.63, 3.8) is 0 Å². The Morgan fingerprint density at radius 3 is 2.62 bits per heavy atom. The Kier molecular flexibility index (Phi) is 5.67. The van der Waals surface area contributed by atoms with E-state index in [2.05, 4.69) is 24.0 Å². The zero-order valence-corrected chi connectivity index (χ0v) is 14.3. The van der Waals surface area contributed by atoms with Gasteiger partial charge >= 0.3 is 0 Å². The van der Waals surface area contributed by atoms with Crippen LogP contribution in [0.15, 0.2) is 11.5 Å². The summed E-state index contributed by atoms with van der Waals surface area (Å²) in [6.07, 6.45) is 7.80. The van der Waals surface area contributed by atoms with E-state index in [1.807, 2.05) is 23.4 Å². The van der Waals surface area contributed by atoms with E-state index >= 15 is 0 Å². The van der Waals surface area contributed by atoms with Crippen molar-refractivity contribution in [2.24, 2.45) is 0 Å². The highest BCUT2D eigenvalue weighted by molar-refractivity contribution is 8.00. The summed E-state index contributed by atoms with van der Waals surface area (Å²) in [6.45, 7) is 6.15. The van der Waals surface area contributed by atoms with E-state index in [1.165, 1.54) is 31.0 Å². The first kappa shape index (κ1) is 16.3. The highest BCUT2D eigenvalue weighted by Crippen LogP contribution is 2.27. The molecule has 1 fully saturated rings. The minimum absolute atomic E-state index is 0.126. The molecule has 1 atom stereocenters. The lowest BCUT2D eigenvalue weighted by molar-refractivity contribution is -0.131. The van der Waals surface area contributed by atoms with Crippen molar-refractivity contribution in [1.29, 1.82) is 0 Å². The van der Waals surface area contributed by atoms with Gasteiger partial charge in [0.15, 0.2) is 5.16 Å². The fourth-order valence-corrected chi connectivity index (χ4v) is 3.87. The fraction of sp³-hybridized carbons (Fsp3) is 0.800. The molecule has 1 aliphatic carbocycles. The average molecular weight is 310 g/mol. The number of thioether (sulfide) groups is 1. The van der Waals surface area contributed by atoms with E-state index in [1.54, 1.807) is 6.33 Å². The third-order valence-electron chi connectivity index (χ3n) is 4.20. The van der Waals surface area contributed by atoms with Crippen LogP contribution in [0.2, 0.25) is 0 Å². The Morgan fingerprint density at radius 1 is 1.33 bits per heavy atom. The molecule has 1 aromatic heterocycles. The summed E-state index contributed by atoms with van der Waals surface area (Å²) in [5, 5.41) is 8.79. The lowest BCUT2D eigenvalue weighted by atomic mass is 9.94. The van der Waals surface area contributed by atoms with Gasteiger partial charge in [0.1, 0.15) is 6.33 Å². The maximum atomic E-state index is 12.6. The number of carbonyl (C=O) groups is 1. The molecule has 0 N–H and O–H groups in total. The fourth-order valence-electron chi connectivity index (χ4n) is 2.81. The van der Waals surface area contributed by atoms with E-state index in [0.717, 1.165) is 18.0 Å². The predicted octanol–water partition coefficient (Wildman–Crippen LogP) is 3.13. The molecule has 1 aliphatic rings. The second kappa shape index (κ2) is 7.29. The van der Waals surface area contributed by atoms with Gasteiger partial charge in [-0.05, 0) is 33.6 Å². The summed E-state index contributed by atoms with van der Waals surface area (Å²) in [4.78, 5) is 14.5. The molecule has 1 saturated carbocycles. The largest absolute Gasteiger partial charge is 0.342 e. The molecule has 0 spiro atoms. The molecule has 118 valence electrons. The third kappa shape index (κ3) is 3.99. The van der Waals surface area contributed by atoms with E-state index in [9.17, 15) is 4.79 Å². The van der Waals surface area contributed by atoms with Crippen molar-refractivity contribution < 1.29 is 4.79 Å². The lowest BCUT2D eigenvalue weighted by Gasteiger charge is -2.32. The molecular formula is C15H26N4OS. The zero-order chi connectivity index (χ0) is 15.4. The number of nitrogens with zero attached hydrogens (tertiary/aromatic N) is 4. The van der Waals surface area contributed by atoms with Crippen molar-refractivity contribution in [2.75, 3.05) is 7.05 Å². The van der Waals surface area contributed by atoms with E-state index in [4.69, 9.17) is 0 Å². The number of amides is 1. The van der Waals surface area contributed by atoms with Gasteiger partial charge in [-0.3, -0.25) is 4.79 Å². The summed E-state index contributed by atoms with van der Waals surface area (Å²) in [5.41, 5.74) is 0. The summed E-state index contributed by atoms with van der Waals surface area (Å²) >= 11 is 1.50. The minimum Gasteiger partial charge on any atom is -0.342 e. The van der Waals surface area contributed by atoms with Crippen LogP contribution >= 0.6 is 11.8 Å². The zero-order valence-electron chi connectivity index (χ0n) is 13.5. The summed E-state index contributed by atoms with van der Waals surface area (Å²) < 4.78 is 2.01. The van der Waals surface area contributed by atoms with Gasteiger partial charge in [0, 0.05) is 19.1 Å². The molecule has 0 bridgehead atoms. The van der Waals surface area contributed by atoms with Crippen LogP contribution in [0, 0.1) is 0 Å². The van der Waals surface area contributed by atoms with Gasteiger partial charge in [-0.2, -0.15) is 0 Å². The van der Waals surface area contributed by atoms with Crippen molar-refractivity contribution in [3.05, 3.63) is 6.33 Å². The molecule has 0 saturated heterocycles. The molecule has 0 aromatic carbocycles. The van der Waals surface area contributed by atoms with Gasteiger partial charge in [-0.1, -0.05) is 31.0 Å². The second-order valence-electron chi connectivity index (χ2n) is 6.12. The van der Waals surface area contributed by atoms with Gasteiger partial charge in [0.05, 0.1) is 5.25 Å². The third-order valence-corrected chi connectivity index (χ3v) is 5.26. The number of rotatable bonds is 5. The molecule has 21 heavy (non-hydrogen) atoms. The van der Waals surface area contributed by atoms with Crippen molar-refractivity contribution >= 4 is 17.7 Å². The minimum atomic E-state index is -0.126. The number of aromatic nitrogens is 3. The second-order valence-corrected chi connectivity index (χ2v) is 7.42. The maximum absolute atomic E-state index is 12.6. The first-order valence-corrected chi connectivity index (χ1v) is 8.71. The molecular weight excluding hydrogens is 284 g/mol. The smallest absolute Gasteiger partial charge is 0.235 e. The SMILES string of the molecule is CC(Sc1nncn1C(C)C)C(=O)N(C)C1CCCCC1. The van der Waals surface area contributed by atoms with Crippen LogP contribution in [0.1, 0.15) is 58.9 Å². The Bertz CT molecular complexity index is 468. The molecule has 1 heterocycles. The van der Waals surface area contributed by atoms with Gasteiger partial charge in [-0.25, -0.2) is 0 Å². The molecule has 5 nitrogen and oxygen atoms in total. The van der Waals surface area contributed by atoms with Crippen LogP contribution in [-0.4, -0.2) is 43.9 Å². The molecule has 2 rings (SSSR count). The quantitative estimate of drug-likeness (QED) is 0.784. The van der Waals surface area contributed by atoms with E-state index in [0.29, 0.717) is 12.1 Å². The van der Waals surface area contributed by atoms with Crippen LogP contribution < -0.4 is 0 Å². The Hall–Kier alpha value is -1.04. The van der Waals surface area contributed by atoms with Crippen molar-refractivity contribution in [1.82, 2.24) is 19.7 Å². The van der Waals surface area contributed by atoms with Gasteiger partial charge < -0.3 is 9.47 Å². The molecule has 1 amide bonds. The van der Waals surface area contributed by atoms with Gasteiger partial charge in [0.2, 0.25) is 5.91 Å². The summed E-state index contributed by atoms with van der Waals surface area (Å²) in [6, 6.07) is 0.721. The van der Waals surface area contributed by atoms with Gasteiger partial charge in [0.25, 0.3) is 0 Å². The highest BCUT2D eigenvalue weighted by atomic mass is 32.2. The first-order valence-electron chi connectivity index (χ1n) is 7.83. The molecule has 1 aromatic rings. The van der Waals surface area contributed by atoms with Crippen LogP contribution in [0.3, 0.4) is 0 Å². The highest BCUT2D eigenvalue weighted by Gasteiger charge is 2.27. The van der Waals surface area contributed by atoms with Crippen LogP contribution in [0.4, 0.5) is 0 Å². The summed E-state index contributed by atoms with van der Waals surface area (Å²) in [7, 11) is 1.95. The first-order chi connectivity index (χ1) is 10.0. The number of hydrogen-bond donors (Lipinski definition) is 0. The maximum Gasteiger partial charge on any atom is 0.235 e.